The van der Waals surface area contributed by atoms with Gasteiger partial charge >= 0.3 is 0 Å². The molecule has 0 aliphatic heterocycles. The highest BCUT2D eigenvalue weighted by Gasteiger charge is 1.99. The van der Waals surface area contributed by atoms with Crippen molar-refractivity contribution in [1.29, 1.82) is 0 Å². The van der Waals surface area contributed by atoms with E-state index in [1.54, 1.807) is 0 Å². The highest BCUT2D eigenvalue weighted by atomic mass is 79.9. The van der Waals surface area contributed by atoms with Crippen LogP contribution in [0.3, 0.4) is 0 Å². The van der Waals surface area contributed by atoms with Crippen LogP contribution in [-0.2, 0) is 0 Å². The molecule has 0 aliphatic carbocycles. The van der Waals surface area contributed by atoms with Gasteiger partial charge in [0.25, 0.3) is 0 Å². The zero-order chi connectivity index (χ0) is 13.2. The quantitative estimate of drug-likeness (QED) is 0.493. The molecule has 0 fully saturated rings. The van der Waals surface area contributed by atoms with Crippen LogP contribution in [0.5, 0.6) is 0 Å². The van der Waals surface area contributed by atoms with Crippen LogP contribution in [0.2, 0.25) is 0 Å². The summed E-state index contributed by atoms with van der Waals surface area (Å²) in [5.74, 6) is 0. The first-order valence-electron chi connectivity index (χ1n) is 6.93. The van der Waals surface area contributed by atoms with Crippen molar-refractivity contribution in [2.24, 2.45) is 0 Å². The fraction of sp³-hybridized carbons (Fsp3) is 0.600. The molecule has 1 rings (SSSR count). The zero-order valence-corrected chi connectivity index (χ0v) is 14.3. The molecule has 18 heavy (non-hydrogen) atoms. The lowest BCUT2D eigenvalue weighted by atomic mass is 10.1. The van der Waals surface area contributed by atoms with E-state index in [9.17, 15) is 0 Å². The molecule has 0 radical (unpaired) electrons. The van der Waals surface area contributed by atoms with Crippen molar-refractivity contribution >= 4 is 37.5 Å². The number of benzene rings is 1. The van der Waals surface area contributed by atoms with E-state index in [1.165, 1.54) is 50.6 Å². The standard InChI is InChI=1S/C15H23Br2N/c1-2-3-4-5-6-7-8-11-18-15-12-13(16)9-10-14(15)17/h9-10,12,18H,2-8,11H2,1H3. The van der Waals surface area contributed by atoms with Crippen LogP contribution in [0.1, 0.15) is 51.9 Å². The fourth-order valence-electron chi connectivity index (χ4n) is 1.94. The van der Waals surface area contributed by atoms with Crippen LogP contribution in [-0.4, -0.2) is 6.54 Å². The Morgan fingerprint density at radius 3 is 2.33 bits per heavy atom. The third-order valence-corrected chi connectivity index (χ3v) is 4.21. The normalized spacial score (nSPS) is 10.6. The summed E-state index contributed by atoms with van der Waals surface area (Å²) in [5.41, 5.74) is 1.18. The summed E-state index contributed by atoms with van der Waals surface area (Å²) in [6, 6.07) is 6.23. The average molecular weight is 377 g/mol. The van der Waals surface area contributed by atoms with E-state index in [2.05, 4.69) is 56.2 Å². The summed E-state index contributed by atoms with van der Waals surface area (Å²) < 4.78 is 2.25. The van der Waals surface area contributed by atoms with Crippen LogP contribution in [0.25, 0.3) is 0 Å². The summed E-state index contributed by atoms with van der Waals surface area (Å²) >= 11 is 7.05. The monoisotopic (exact) mass is 375 g/mol. The Morgan fingerprint density at radius 1 is 0.944 bits per heavy atom. The van der Waals surface area contributed by atoms with E-state index in [0.717, 1.165) is 15.5 Å². The fourth-order valence-corrected chi connectivity index (χ4v) is 2.69. The Bertz CT molecular complexity index is 339. The molecule has 1 aromatic rings. The second kappa shape index (κ2) is 9.85. The van der Waals surface area contributed by atoms with Gasteiger partial charge in [0.05, 0.1) is 0 Å². The van der Waals surface area contributed by atoms with Crippen LogP contribution in [0.4, 0.5) is 5.69 Å². The van der Waals surface area contributed by atoms with Crippen molar-refractivity contribution in [2.75, 3.05) is 11.9 Å². The molecule has 0 saturated heterocycles. The van der Waals surface area contributed by atoms with Crippen LogP contribution < -0.4 is 5.32 Å². The van der Waals surface area contributed by atoms with Gasteiger partial charge in [0.15, 0.2) is 0 Å². The molecule has 1 nitrogen and oxygen atoms in total. The van der Waals surface area contributed by atoms with Crippen molar-refractivity contribution in [2.45, 2.75) is 51.9 Å². The molecule has 0 saturated carbocycles. The van der Waals surface area contributed by atoms with Crippen LogP contribution in [0.15, 0.2) is 27.1 Å². The van der Waals surface area contributed by atoms with Crippen molar-refractivity contribution < 1.29 is 0 Å². The van der Waals surface area contributed by atoms with Gasteiger partial charge in [-0.2, -0.15) is 0 Å². The third-order valence-electron chi connectivity index (χ3n) is 3.02. The molecule has 0 unspecified atom stereocenters. The summed E-state index contributed by atoms with van der Waals surface area (Å²) in [5, 5.41) is 3.48. The molecule has 0 aromatic heterocycles. The maximum absolute atomic E-state index is 3.56. The van der Waals surface area contributed by atoms with Crippen molar-refractivity contribution in [3.8, 4) is 0 Å². The van der Waals surface area contributed by atoms with E-state index in [4.69, 9.17) is 0 Å². The Morgan fingerprint density at radius 2 is 1.61 bits per heavy atom. The van der Waals surface area contributed by atoms with Gasteiger partial charge in [-0.05, 0) is 40.5 Å². The summed E-state index contributed by atoms with van der Waals surface area (Å²) in [7, 11) is 0. The molecule has 1 aromatic carbocycles. The first-order chi connectivity index (χ1) is 8.74. The van der Waals surface area contributed by atoms with Crippen molar-refractivity contribution in [3.05, 3.63) is 27.1 Å². The first kappa shape index (κ1) is 16.0. The van der Waals surface area contributed by atoms with Gasteiger partial charge in [-0.25, -0.2) is 0 Å². The van der Waals surface area contributed by atoms with Gasteiger partial charge < -0.3 is 5.32 Å². The first-order valence-corrected chi connectivity index (χ1v) is 8.51. The Labute approximate surface area is 128 Å². The largest absolute Gasteiger partial charge is 0.384 e. The minimum Gasteiger partial charge on any atom is -0.384 e. The minimum absolute atomic E-state index is 1.06. The number of hydrogen-bond donors (Lipinski definition) is 1. The van der Waals surface area contributed by atoms with Gasteiger partial charge in [0.2, 0.25) is 0 Å². The lowest BCUT2D eigenvalue weighted by Gasteiger charge is -2.09. The van der Waals surface area contributed by atoms with Crippen molar-refractivity contribution in [1.82, 2.24) is 0 Å². The molecule has 3 heteroatoms. The van der Waals surface area contributed by atoms with Gasteiger partial charge in [-0.3, -0.25) is 0 Å². The lowest BCUT2D eigenvalue weighted by molar-refractivity contribution is 0.596. The summed E-state index contributed by atoms with van der Waals surface area (Å²) in [6.45, 7) is 3.32. The second-order valence-corrected chi connectivity index (χ2v) is 6.44. The molecule has 102 valence electrons. The van der Waals surface area contributed by atoms with Crippen LogP contribution >= 0.6 is 31.9 Å². The van der Waals surface area contributed by atoms with E-state index in [1.807, 2.05) is 6.07 Å². The summed E-state index contributed by atoms with van der Waals surface area (Å²) in [6.07, 6.45) is 9.49. The molecule has 0 heterocycles. The van der Waals surface area contributed by atoms with E-state index in [0.29, 0.717) is 0 Å². The molecule has 0 spiro atoms. The summed E-state index contributed by atoms with van der Waals surface area (Å²) in [4.78, 5) is 0. The molecule has 0 amide bonds. The van der Waals surface area contributed by atoms with Gasteiger partial charge in [0.1, 0.15) is 0 Å². The van der Waals surface area contributed by atoms with E-state index >= 15 is 0 Å². The molecular formula is C15H23Br2N. The maximum Gasteiger partial charge on any atom is 0.0495 e. The highest BCUT2D eigenvalue weighted by Crippen LogP contribution is 2.26. The number of rotatable bonds is 9. The number of nitrogens with one attached hydrogen (secondary N) is 1. The topological polar surface area (TPSA) is 12.0 Å². The van der Waals surface area contributed by atoms with Crippen molar-refractivity contribution in [3.63, 3.8) is 0 Å². The Hall–Kier alpha value is -0.0200. The molecule has 1 N–H and O–H groups in total. The smallest absolute Gasteiger partial charge is 0.0495 e. The maximum atomic E-state index is 3.56. The van der Waals surface area contributed by atoms with Crippen LogP contribution in [0, 0.1) is 0 Å². The number of anilines is 1. The van der Waals surface area contributed by atoms with E-state index < -0.39 is 0 Å². The van der Waals surface area contributed by atoms with E-state index in [-0.39, 0.29) is 0 Å². The Kier molecular flexibility index (Phi) is 8.78. The molecule has 0 bridgehead atoms. The lowest BCUT2D eigenvalue weighted by Crippen LogP contribution is -2.02. The van der Waals surface area contributed by atoms with Gasteiger partial charge in [0, 0.05) is 21.2 Å². The number of halogens is 2. The number of unbranched alkanes of at least 4 members (excludes halogenated alkanes) is 6. The zero-order valence-electron chi connectivity index (χ0n) is 11.1. The molecule has 0 aliphatic rings. The SMILES string of the molecule is CCCCCCCCCNc1cc(Br)ccc1Br. The third kappa shape index (κ3) is 6.79. The number of hydrogen-bond acceptors (Lipinski definition) is 1. The second-order valence-electron chi connectivity index (χ2n) is 4.67. The highest BCUT2D eigenvalue weighted by molar-refractivity contribution is 9.11. The molecular weight excluding hydrogens is 354 g/mol. The van der Waals surface area contributed by atoms with Gasteiger partial charge in [-0.15, -0.1) is 0 Å². The van der Waals surface area contributed by atoms with Gasteiger partial charge in [-0.1, -0.05) is 61.4 Å². The minimum atomic E-state index is 1.06. The Balaban J connectivity index is 2.09. The average Bonchev–Trinajstić information content (AvgIpc) is 2.36. The predicted molar refractivity (Wildman–Crippen MR) is 88.3 cm³/mol. The predicted octanol–water partition coefficient (Wildman–Crippen LogP) is 6.37. The molecule has 0 atom stereocenters.